The fourth-order valence-corrected chi connectivity index (χ4v) is 1.73. The Bertz CT molecular complexity index is 400. The van der Waals surface area contributed by atoms with Crippen molar-refractivity contribution < 1.29 is 39.1 Å². The molecule has 1 rings (SSSR count). The fourth-order valence-electron chi connectivity index (χ4n) is 1.73. The predicted octanol–water partition coefficient (Wildman–Crippen LogP) is 1.10. The molecule has 0 aliphatic heterocycles. The third kappa shape index (κ3) is 5.13. The van der Waals surface area contributed by atoms with E-state index in [1.807, 2.05) is 19.1 Å². The van der Waals surface area contributed by atoms with Crippen LogP contribution in [0.2, 0.25) is 0 Å². The summed E-state index contributed by atoms with van der Waals surface area (Å²) >= 11 is 0. The molecule has 1 aromatic rings. The summed E-state index contributed by atoms with van der Waals surface area (Å²) in [6.07, 6.45) is 3.64. The zero-order valence-corrected chi connectivity index (χ0v) is 14.3. The van der Waals surface area contributed by atoms with Gasteiger partial charge in [0.15, 0.2) is 0 Å². The standard InChI is InChI=1S/C15H22O2.Na/c1-5-6-7-8-15(16)17-14-10-9-11(2)12(3)13(14)4;/h9-10H,5-8H2,1-4H3;/q;+1. The van der Waals surface area contributed by atoms with Gasteiger partial charge in [0.1, 0.15) is 5.75 Å². The second-order valence-electron chi connectivity index (χ2n) is 4.56. The number of esters is 1. The number of rotatable bonds is 5. The van der Waals surface area contributed by atoms with Crippen LogP contribution in [0.4, 0.5) is 0 Å². The molecule has 0 aromatic heterocycles. The maximum Gasteiger partial charge on any atom is 1.00 e. The van der Waals surface area contributed by atoms with Crippen LogP contribution < -0.4 is 34.3 Å². The number of ether oxygens (including phenoxy) is 1. The van der Waals surface area contributed by atoms with Crippen molar-refractivity contribution in [2.24, 2.45) is 0 Å². The summed E-state index contributed by atoms with van der Waals surface area (Å²) in [5, 5.41) is 0. The van der Waals surface area contributed by atoms with Crippen molar-refractivity contribution in [3.8, 4) is 5.75 Å². The number of carbonyl (C=O) groups is 1. The summed E-state index contributed by atoms with van der Waals surface area (Å²) in [4.78, 5) is 11.6. The van der Waals surface area contributed by atoms with Gasteiger partial charge in [0, 0.05) is 6.42 Å². The van der Waals surface area contributed by atoms with Gasteiger partial charge in [-0.15, -0.1) is 0 Å². The molecule has 0 unspecified atom stereocenters. The third-order valence-electron chi connectivity index (χ3n) is 3.22. The first-order valence-corrected chi connectivity index (χ1v) is 6.33. The number of unbranched alkanes of at least 4 members (excludes halogenated alkanes) is 2. The van der Waals surface area contributed by atoms with E-state index in [1.54, 1.807) is 0 Å². The van der Waals surface area contributed by atoms with Crippen molar-refractivity contribution in [3.05, 3.63) is 28.8 Å². The molecule has 0 bridgehead atoms. The van der Waals surface area contributed by atoms with Crippen LogP contribution in [0.3, 0.4) is 0 Å². The molecule has 94 valence electrons. The van der Waals surface area contributed by atoms with E-state index in [0.717, 1.165) is 24.8 Å². The van der Waals surface area contributed by atoms with Gasteiger partial charge in [-0.2, -0.15) is 0 Å². The third-order valence-corrected chi connectivity index (χ3v) is 3.22. The van der Waals surface area contributed by atoms with Crippen molar-refractivity contribution in [3.63, 3.8) is 0 Å². The molecule has 3 heteroatoms. The van der Waals surface area contributed by atoms with Crippen molar-refractivity contribution in [1.29, 1.82) is 0 Å². The van der Waals surface area contributed by atoms with E-state index in [1.165, 1.54) is 11.1 Å². The van der Waals surface area contributed by atoms with E-state index >= 15 is 0 Å². The van der Waals surface area contributed by atoms with Gasteiger partial charge in [-0.1, -0.05) is 25.8 Å². The second-order valence-corrected chi connectivity index (χ2v) is 4.56. The predicted molar refractivity (Wildman–Crippen MR) is 70.4 cm³/mol. The average Bonchev–Trinajstić information content (AvgIpc) is 2.30. The smallest absolute Gasteiger partial charge is 0.426 e. The average molecular weight is 257 g/mol. The number of carbonyl (C=O) groups excluding carboxylic acids is 1. The Labute approximate surface area is 132 Å². The Morgan fingerprint density at radius 3 is 2.39 bits per heavy atom. The molecule has 0 fully saturated rings. The molecular formula is C15H22NaO2+. The second kappa shape index (κ2) is 8.73. The summed E-state index contributed by atoms with van der Waals surface area (Å²) in [6.45, 7) is 8.24. The maximum atomic E-state index is 11.6. The van der Waals surface area contributed by atoms with Gasteiger partial charge in [-0.25, -0.2) is 0 Å². The van der Waals surface area contributed by atoms with E-state index in [2.05, 4.69) is 20.8 Å². The Hall–Kier alpha value is -0.310. The first-order chi connectivity index (χ1) is 8.06. The van der Waals surface area contributed by atoms with Gasteiger partial charge < -0.3 is 4.74 Å². The minimum absolute atomic E-state index is 0. The SMILES string of the molecule is CCCCCC(=O)Oc1ccc(C)c(C)c1C.[Na+]. The summed E-state index contributed by atoms with van der Waals surface area (Å²) < 4.78 is 5.39. The minimum Gasteiger partial charge on any atom is -0.426 e. The molecule has 0 radical (unpaired) electrons. The van der Waals surface area contributed by atoms with Crippen molar-refractivity contribution in [2.75, 3.05) is 0 Å². The zero-order valence-electron chi connectivity index (χ0n) is 12.3. The monoisotopic (exact) mass is 257 g/mol. The van der Waals surface area contributed by atoms with E-state index < -0.39 is 0 Å². The largest absolute Gasteiger partial charge is 1.00 e. The number of hydrogen-bond acceptors (Lipinski definition) is 2. The Morgan fingerprint density at radius 1 is 1.11 bits per heavy atom. The summed E-state index contributed by atoms with van der Waals surface area (Å²) in [7, 11) is 0. The van der Waals surface area contributed by atoms with Crippen molar-refractivity contribution in [2.45, 2.75) is 53.4 Å². The van der Waals surface area contributed by atoms with Crippen molar-refractivity contribution in [1.82, 2.24) is 0 Å². The van der Waals surface area contributed by atoms with E-state index in [-0.39, 0.29) is 35.5 Å². The van der Waals surface area contributed by atoms with Gasteiger partial charge in [0.2, 0.25) is 0 Å². The number of aryl methyl sites for hydroxylation is 1. The number of benzene rings is 1. The normalized spacial score (nSPS) is 9.78. The van der Waals surface area contributed by atoms with Crippen LogP contribution in [0.1, 0.15) is 49.3 Å². The Morgan fingerprint density at radius 2 is 1.78 bits per heavy atom. The van der Waals surface area contributed by atoms with Gasteiger partial charge in [0.05, 0.1) is 0 Å². The Kier molecular flexibility index (Phi) is 8.58. The quantitative estimate of drug-likeness (QED) is 0.342. The molecule has 0 saturated carbocycles. The van der Waals surface area contributed by atoms with E-state index in [4.69, 9.17) is 4.74 Å². The molecule has 0 spiro atoms. The molecule has 0 atom stereocenters. The molecule has 0 heterocycles. The van der Waals surface area contributed by atoms with Crippen LogP contribution in [-0.2, 0) is 4.79 Å². The number of hydrogen-bond donors (Lipinski definition) is 0. The Balaban J connectivity index is 0.00000289. The zero-order chi connectivity index (χ0) is 12.8. The molecule has 2 nitrogen and oxygen atoms in total. The molecular weight excluding hydrogens is 235 g/mol. The summed E-state index contributed by atoms with van der Waals surface area (Å²) in [5.41, 5.74) is 3.49. The maximum absolute atomic E-state index is 11.6. The van der Waals surface area contributed by atoms with E-state index in [0.29, 0.717) is 12.2 Å². The molecule has 18 heavy (non-hydrogen) atoms. The van der Waals surface area contributed by atoms with Crippen LogP contribution in [0, 0.1) is 20.8 Å². The van der Waals surface area contributed by atoms with Crippen LogP contribution in [0.5, 0.6) is 5.75 Å². The van der Waals surface area contributed by atoms with Crippen LogP contribution in [-0.4, -0.2) is 5.97 Å². The van der Waals surface area contributed by atoms with Gasteiger partial charge in [-0.3, -0.25) is 4.79 Å². The topological polar surface area (TPSA) is 26.3 Å². The van der Waals surface area contributed by atoms with Gasteiger partial charge >= 0.3 is 35.5 Å². The molecule has 0 amide bonds. The van der Waals surface area contributed by atoms with Crippen molar-refractivity contribution >= 4 is 5.97 Å². The fraction of sp³-hybridized carbons (Fsp3) is 0.533. The first-order valence-electron chi connectivity index (χ1n) is 6.33. The first kappa shape index (κ1) is 17.7. The molecule has 0 saturated heterocycles. The molecule has 0 aliphatic rings. The van der Waals surface area contributed by atoms with Crippen LogP contribution >= 0.6 is 0 Å². The van der Waals surface area contributed by atoms with Gasteiger partial charge in [0.25, 0.3) is 0 Å². The van der Waals surface area contributed by atoms with Crippen LogP contribution in [0.25, 0.3) is 0 Å². The van der Waals surface area contributed by atoms with Crippen LogP contribution in [0.15, 0.2) is 12.1 Å². The summed E-state index contributed by atoms with van der Waals surface area (Å²) in [5.74, 6) is 0.583. The van der Waals surface area contributed by atoms with E-state index in [9.17, 15) is 4.79 Å². The molecule has 0 aliphatic carbocycles. The summed E-state index contributed by atoms with van der Waals surface area (Å²) in [6, 6.07) is 3.88. The van der Waals surface area contributed by atoms with Gasteiger partial charge in [-0.05, 0) is 49.9 Å². The molecule has 1 aromatic carbocycles. The minimum atomic E-state index is -0.121. The molecule has 0 N–H and O–H groups in total.